The minimum absolute atomic E-state index is 0.279. The summed E-state index contributed by atoms with van der Waals surface area (Å²) in [6.07, 6.45) is 1.99. The summed E-state index contributed by atoms with van der Waals surface area (Å²) < 4.78 is -1.17. The van der Waals surface area contributed by atoms with Gasteiger partial charge in [0.05, 0.1) is 0 Å². The smallest absolute Gasteiger partial charge is 0.203 e. The lowest BCUT2D eigenvalue weighted by Gasteiger charge is -2.32. The van der Waals surface area contributed by atoms with Crippen LogP contribution in [0.2, 0.25) is 0 Å². The van der Waals surface area contributed by atoms with Gasteiger partial charge >= 0.3 is 0 Å². The molecule has 0 atom stereocenters. The maximum atomic E-state index is 8.91. The Labute approximate surface area is 93.8 Å². The Hall–Kier alpha value is 0.790. The van der Waals surface area contributed by atoms with E-state index in [9.17, 15) is 0 Å². The summed E-state index contributed by atoms with van der Waals surface area (Å²) in [6.45, 7) is 2.59. The van der Waals surface area contributed by atoms with Gasteiger partial charge in [0.1, 0.15) is 0 Å². The lowest BCUT2D eigenvalue weighted by Crippen LogP contribution is -2.39. The molecule has 5 heteroatoms. The van der Waals surface area contributed by atoms with Gasteiger partial charge in [0, 0.05) is 13.2 Å². The van der Waals surface area contributed by atoms with Crippen LogP contribution in [0.5, 0.6) is 0 Å². The van der Waals surface area contributed by atoms with Crippen LogP contribution < -0.4 is 0 Å². The second-order valence-electron chi connectivity index (χ2n) is 3.52. The summed E-state index contributed by atoms with van der Waals surface area (Å²) >= 11 is 17.0. The van der Waals surface area contributed by atoms with E-state index in [4.69, 9.17) is 39.9 Å². The Morgan fingerprint density at radius 1 is 1.23 bits per heavy atom. The number of hydrogen-bond donors (Lipinski definition) is 1. The van der Waals surface area contributed by atoms with E-state index in [2.05, 4.69) is 4.90 Å². The van der Waals surface area contributed by atoms with Crippen LogP contribution in [-0.2, 0) is 0 Å². The topological polar surface area (TPSA) is 23.5 Å². The molecule has 2 nitrogen and oxygen atoms in total. The number of aliphatic hydroxyl groups excluding tert-OH is 1. The molecule has 1 heterocycles. The summed E-state index contributed by atoms with van der Waals surface area (Å²) in [6, 6.07) is 0. The largest absolute Gasteiger partial charge is 0.396 e. The lowest BCUT2D eigenvalue weighted by molar-refractivity contribution is 0.133. The van der Waals surface area contributed by atoms with Crippen molar-refractivity contribution in [3.63, 3.8) is 0 Å². The van der Waals surface area contributed by atoms with Gasteiger partial charge in [-0.2, -0.15) is 0 Å². The maximum absolute atomic E-state index is 8.91. The quantitative estimate of drug-likeness (QED) is 0.754. The summed E-state index contributed by atoms with van der Waals surface area (Å²) in [7, 11) is 0. The van der Waals surface area contributed by atoms with E-state index in [0.717, 1.165) is 25.9 Å². The molecule has 1 aliphatic rings. The number of hydrogen-bond acceptors (Lipinski definition) is 2. The molecule has 0 radical (unpaired) electrons. The van der Waals surface area contributed by atoms with Crippen molar-refractivity contribution in [3.05, 3.63) is 0 Å². The molecule has 1 rings (SSSR count). The van der Waals surface area contributed by atoms with Crippen LogP contribution in [0.1, 0.15) is 12.8 Å². The molecule has 0 bridgehead atoms. The van der Waals surface area contributed by atoms with Crippen LogP contribution in [-0.4, -0.2) is 40.0 Å². The van der Waals surface area contributed by atoms with Crippen molar-refractivity contribution in [2.75, 3.05) is 26.2 Å². The van der Waals surface area contributed by atoms with Gasteiger partial charge in [0.15, 0.2) is 0 Å². The molecule has 78 valence electrons. The Bertz CT molecular complexity index is 152. The van der Waals surface area contributed by atoms with Crippen LogP contribution in [0.25, 0.3) is 0 Å². The summed E-state index contributed by atoms with van der Waals surface area (Å²) in [4.78, 5) is 2.12. The second kappa shape index (κ2) is 5.04. The molecule has 1 N–H and O–H groups in total. The van der Waals surface area contributed by atoms with Gasteiger partial charge in [-0.1, -0.05) is 34.8 Å². The monoisotopic (exact) mass is 245 g/mol. The fraction of sp³-hybridized carbons (Fsp3) is 1.00. The standard InChI is InChI=1S/C8H14Cl3NO/c9-8(10,11)6-12-3-1-7(5-13)2-4-12/h7,13H,1-6H2. The first-order chi connectivity index (χ1) is 6.01. The number of nitrogens with zero attached hydrogens (tertiary/aromatic N) is 1. The average Bonchev–Trinajstić information content (AvgIpc) is 2.03. The zero-order valence-corrected chi connectivity index (χ0v) is 9.62. The number of rotatable bonds is 2. The van der Waals surface area contributed by atoms with E-state index in [1.165, 1.54) is 0 Å². The number of halogens is 3. The van der Waals surface area contributed by atoms with Gasteiger partial charge in [-0.05, 0) is 31.8 Å². The predicted molar refractivity (Wildman–Crippen MR) is 56.5 cm³/mol. The highest BCUT2D eigenvalue weighted by atomic mass is 35.6. The van der Waals surface area contributed by atoms with Crippen LogP contribution in [0.3, 0.4) is 0 Å². The minimum atomic E-state index is -1.17. The SMILES string of the molecule is OCC1CCN(CC(Cl)(Cl)Cl)CC1. The first kappa shape index (κ1) is 11.9. The third kappa shape index (κ3) is 4.71. The minimum Gasteiger partial charge on any atom is -0.396 e. The van der Waals surface area contributed by atoms with Crippen molar-refractivity contribution in [2.24, 2.45) is 5.92 Å². The summed E-state index contributed by atoms with van der Waals surface area (Å²) in [5.41, 5.74) is 0. The maximum Gasteiger partial charge on any atom is 0.203 e. The fourth-order valence-corrected chi connectivity index (χ4v) is 2.09. The van der Waals surface area contributed by atoms with Gasteiger partial charge in [-0.25, -0.2) is 0 Å². The molecular formula is C8H14Cl3NO. The molecule has 0 unspecified atom stereocenters. The molecule has 0 aromatic rings. The number of piperidine rings is 1. The first-order valence-electron chi connectivity index (χ1n) is 4.41. The van der Waals surface area contributed by atoms with Crippen molar-refractivity contribution < 1.29 is 5.11 Å². The fourth-order valence-electron chi connectivity index (χ4n) is 1.58. The van der Waals surface area contributed by atoms with Gasteiger partial charge < -0.3 is 5.11 Å². The molecule has 13 heavy (non-hydrogen) atoms. The molecule has 0 saturated carbocycles. The number of aliphatic hydroxyl groups is 1. The number of alkyl halides is 3. The molecule has 1 saturated heterocycles. The van der Waals surface area contributed by atoms with E-state index in [1.54, 1.807) is 0 Å². The van der Waals surface area contributed by atoms with Crippen LogP contribution in [0, 0.1) is 5.92 Å². The van der Waals surface area contributed by atoms with Gasteiger partial charge in [-0.3, -0.25) is 4.90 Å². The predicted octanol–water partition coefficient (Wildman–Crippen LogP) is 2.06. The van der Waals surface area contributed by atoms with Crippen molar-refractivity contribution in [1.82, 2.24) is 4.90 Å². The zero-order chi connectivity index (χ0) is 9.90. The summed E-state index contributed by atoms with van der Waals surface area (Å²) in [5, 5.41) is 8.91. The van der Waals surface area contributed by atoms with Crippen molar-refractivity contribution in [1.29, 1.82) is 0 Å². The first-order valence-corrected chi connectivity index (χ1v) is 5.54. The average molecular weight is 247 g/mol. The van der Waals surface area contributed by atoms with E-state index in [1.807, 2.05) is 0 Å². The Morgan fingerprint density at radius 2 is 1.77 bits per heavy atom. The van der Waals surface area contributed by atoms with E-state index in [0.29, 0.717) is 12.5 Å². The van der Waals surface area contributed by atoms with Crippen molar-refractivity contribution in [3.8, 4) is 0 Å². The highest BCUT2D eigenvalue weighted by Gasteiger charge is 2.26. The molecule has 0 amide bonds. The number of likely N-dealkylation sites (tertiary alicyclic amines) is 1. The van der Waals surface area contributed by atoms with Crippen molar-refractivity contribution >= 4 is 34.8 Å². The third-order valence-electron chi connectivity index (χ3n) is 2.37. The Kier molecular flexibility index (Phi) is 4.59. The highest BCUT2D eigenvalue weighted by molar-refractivity contribution is 6.67. The normalized spacial score (nSPS) is 22.2. The van der Waals surface area contributed by atoms with Crippen LogP contribution >= 0.6 is 34.8 Å². The zero-order valence-electron chi connectivity index (χ0n) is 7.35. The van der Waals surface area contributed by atoms with Gasteiger partial charge in [0.25, 0.3) is 0 Å². The molecule has 1 fully saturated rings. The highest BCUT2D eigenvalue weighted by Crippen LogP contribution is 2.28. The molecule has 0 aromatic carbocycles. The lowest BCUT2D eigenvalue weighted by atomic mass is 9.98. The van der Waals surface area contributed by atoms with Gasteiger partial charge in [-0.15, -0.1) is 0 Å². The second-order valence-corrected chi connectivity index (χ2v) is 6.03. The van der Waals surface area contributed by atoms with E-state index >= 15 is 0 Å². The molecule has 0 aliphatic carbocycles. The Balaban J connectivity index is 2.25. The summed E-state index contributed by atoms with van der Waals surface area (Å²) in [5.74, 6) is 0.437. The Morgan fingerprint density at radius 3 is 2.15 bits per heavy atom. The van der Waals surface area contributed by atoms with E-state index < -0.39 is 3.79 Å². The molecule has 1 aliphatic heterocycles. The van der Waals surface area contributed by atoms with Gasteiger partial charge in [0.2, 0.25) is 3.79 Å². The van der Waals surface area contributed by atoms with Crippen LogP contribution in [0.15, 0.2) is 0 Å². The molecule has 0 aromatic heterocycles. The van der Waals surface area contributed by atoms with E-state index in [-0.39, 0.29) is 6.61 Å². The molecular weight excluding hydrogens is 232 g/mol. The van der Waals surface area contributed by atoms with Crippen LogP contribution in [0.4, 0.5) is 0 Å². The van der Waals surface area contributed by atoms with Crippen molar-refractivity contribution in [2.45, 2.75) is 16.6 Å². The molecule has 0 spiro atoms. The third-order valence-corrected chi connectivity index (χ3v) is 2.73.